The lowest BCUT2D eigenvalue weighted by atomic mass is 9.68. The number of hydrogen-bond donors (Lipinski definition) is 0. The van der Waals surface area contributed by atoms with Gasteiger partial charge in [-0.3, -0.25) is 0 Å². The summed E-state index contributed by atoms with van der Waals surface area (Å²) in [6, 6.07) is 8.88. The van der Waals surface area contributed by atoms with Crippen LogP contribution in [0.5, 0.6) is 0 Å². The van der Waals surface area contributed by atoms with E-state index < -0.39 is 30.1 Å². The molecule has 2 fully saturated rings. The van der Waals surface area contributed by atoms with Crippen LogP contribution in [0.15, 0.2) is 48.3 Å². The smallest absolute Gasteiger partial charge is 0.305 e. The summed E-state index contributed by atoms with van der Waals surface area (Å²) < 4.78 is 62.6. The van der Waals surface area contributed by atoms with Crippen molar-refractivity contribution in [2.75, 3.05) is 0 Å². The van der Waals surface area contributed by atoms with E-state index in [1.54, 1.807) is 24.3 Å². The van der Waals surface area contributed by atoms with Crippen molar-refractivity contribution in [3.8, 4) is 0 Å². The van der Waals surface area contributed by atoms with Gasteiger partial charge < -0.3 is 4.74 Å². The summed E-state index contributed by atoms with van der Waals surface area (Å²) in [5.74, 6) is -0.0984. The normalized spacial score (nSPS) is 31.0. The fourth-order valence-corrected chi connectivity index (χ4v) is 6.35. The van der Waals surface area contributed by atoms with Crippen LogP contribution in [-0.4, -0.2) is 18.4 Å². The van der Waals surface area contributed by atoms with Crippen molar-refractivity contribution < 1.29 is 22.3 Å². The predicted octanol–water partition coefficient (Wildman–Crippen LogP) is 8.81. The van der Waals surface area contributed by atoms with Crippen LogP contribution in [0.25, 0.3) is 5.57 Å². The molecule has 0 N–H and O–H groups in total. The van der Waals surface area contributed by atoms with Crippen LogP contribution < -0.4 is 0 Å². The van der Waals surface area contributed by atoms with Crippen LogP contribution in [0.4, 0.5) is 17.6 Å². The third-order valence-corrected chi connectivity index (χ3v) is 8.19. The number of halogens is 4. The van der Waals surface area contributed by atoms with Gasteiger partial charge in [0.05, 0.1) is 0 Å². The maximum Gasteiger partial charge on any atom is 0.346 e. The van der Waals surface area contributed by atoms with Crippen molar-refractivity contribution in [3.05, 3.63) is 53.9 Å². The summed E-state index contributed by atoms with van der Waals surface area (Å²) in [6.07, 6.45) is 13.5. The molecule has 1 aromatic rings. The second-order valence-corrected chi connectivity index (χ2v) is 10.2. The van der Waals surface area contributed by atoms with Crippen molar-refractivity contribution in [1.29, 1.82) is 0 Å². The number of hydrogen-bond acceptors (Lipinski definition) is 1. The number of allylic oxidation sites excluding steroid dienone is 2. The van der Waals surface area contributed by atoms with Gasteiger partial charge in [-0.15, -0.1) is 0 Å². The predicted molar refractivity (Wildman–Crippen MR) is 124 cm³/mol. The fraction of sp³-hybridized carbons (Fsp3) is 0.643. The largest absolute Gasteiger partial charge is 0.346 e. The highest BCUT2D eigenvalue weighted by molar-refractivity contribution is 5.77. The van der Waals surface area contributed by atoms with Crippen molar-refractivity contribution >= 4 is 5.57 Å². The summed E-state index contributed by atoms with van der Waals surface area (Å²) in [7, 11) is 0. The first-order valence-corrected chi connectivity index (χ1v) is 12.7. The average molecular weight is 465 g/mol. The fourth-order valence-electron chi connectivity index (χ4n) is 6.35. The first kappa shape index (κ1) is 24.5. The van der Waals surface area contributed by atoms with Gasteiger partial charge in [-0.1, -0.05) is 94.5 Å². The van der Waals surface area contributed by atoms with Gasteiger partial charge in [0.1, 0.15) is 5.83 Å². The summed E-state index contributed by atoms with van der Waals surface area (Å²) in [5, 5.41) is 0. The highest BCUT2D eigenvalue weighted by Gasteiger charge is 2.54. The van der Waals surface area contributed by atoms with Crippen molar-refractivity contribution in [3.63, 3.8) is 0 Å². The zero-order chi connectivity index (χ0) is 23.3. The lowest BCUT2D eigenvalue weighted by molar-refractivity contribution is -0.237. The third kappa shape index (κ3) is 5.72. The Bertz CT molecular complexity index is 806. The molecule has 2 unspecified atom stereocenters. The molecule has 33 heavy (non-hydrogen) atoms. The molecular weight excluding hydrogens is 428 g/mol. The van der Waals surface area contributed by atoms with Crippen LogP contribution in [0, 0.1) is 17.8 Å². The third-order valence-electron chi connectivity index (χ3n) is 8.19. The molecule has 0 radical (unpaired) electrons. The lowest BCUT2D eigenvalue weighted by Gasteiger charge is -2.45. The average Bonchev–Trinajstić information content (AvgIpc) is 3.33. The Labute approximate surface area is 195 Å². The zero-order valence-corrected chi connectivity index (χ0v) is 19.3. The number of ether oxygens (including phenoxy) is 1. The topological polar surface area (TPSA) is 9.23 Å². The summed E-state index contributed by atoms with van der Waals surface area (Å²) in [5.41, 5.74) is -1.20. The molecule has 2 atom stereocenters. The molecule has 2 saturated carbocycles. The summed E-state index contributed by atoms with van der Waals surface area (Å²) >= 11 is 0. The van der Waals surface area contributed by atoms with E-state index in [4.69, 9.17) is 4.74 Å². The van der Waals surface area contributed by atoms with E-state index in [2.05, 4.69) is 0 Å². The first-order chi connectivity index (χ1) is 16.0. The molecule has 0 aliphatic heterocycles. The minimum atomic E-state index is -3.23. The molecule has 1 aromatic carbocycles. The molecule has 1 nitrogen and oxygen atoms in total. The van der Waals surface area contributed by atoms with Crippen LogP contribution in [0.2, 0.25) is 0 Å². The lowest BCUT2D eigenvalue weighted by Crippen LogP contribution is -2.52. The Morgan fingerprint density at radius 2 is 1.48 bits per heavy atom. The SMILES string of the molecule is FC1=CC(c2ccccc2)=CC(F)C1(OC(F)F)C1CCC(CCCCC2CCCC2)CC1. The summed E-state index contributed by atoms with van der Waals surface area (Å²) in [6.45, 7) is -3.23. The molecule has 182 valence electrons. The molecular formula is C28H36F4O. The minimum Gasteiger partial charge on any atom is -0.305 e. The van der Waals surface area contributed by atoms with E-state index in [1.165, 1.54) is 57.1 Å². The first-order valence-electron chi connectivity index (χ1n) is 12.7. The number of rotatable bonds is 9. The monoisotopic (exact) mass is 464 g/mol. The van der Waals surface area contributed by atoms with Gasteiger partial charge in [0.2, 0.25) is 0 Å². The van der Waals surface area contributed by atoms with Gasteiger partial charge in [-0.25, -0.2) is 8.78 Å². The molecule has 5 heteroatoms. The Kier molecular flexibility index (Phi) is 8.32. The Balaban J connectivity index is 1.38. The highest BCUT2D eigenvalue weighted by Crippen LogP contribution is 2.49. The van der Waals surface area contributed by atoms with E-state index in [0.29, 0.717) is 29.9 Å². The van der Waals surface area contributed by atoms with E-state index >= 15 is 8.78 Å². The zero-order valence-electron chi connectivity index (χ0n) is 19.3. The maximum absolute atomic E-state index is 15.5. The van der Waals surface area contributed by atoms with Gasteiger partial charge in [0.15, 0.2) is 11.8 Å². The van der Waals surface area contributed by atoms with Gasteiger partial charge in [-0.2, -0.15) is 8.78 Å². The maximum atomic E-state index is 15.5. The Hall–Kier alpha value is -1.62. The van der Waals surface area contributed by atoms with Crippen molar-refractivity contribution in [2.45, 2.75) is 95.4 Å². The van der Waals surface area contributed by atoms with E-state index in [1.807, 2.05) is 6.07 Å². The molecule has 0 spiro atoms. The Morgan fingerprint density at radius 3 is 2.06 bits per heavy atom. The molecule has 0 bridgehead atoms. The van der Waals surface area contributed by atoms with E-state index in [0.717, 1.165) is 25.2 Å². The molecule has 3 aliphatic carbocycles. The second-order valence-electron chi connectivity index (χ2n) is 10.2. The Morgan fingerprint density at radius 1 is 0.879 bits per heavy atom. The molecule has 4 rings (SSSR count). The number of alkyl halides is 3. The van der Waals surface area contributed by atoms with Crippen LogP contribution in [-0.2, 0) is 4.74 Å². The van der Waals surface area contributed by atoms with Gasteiger partial charge in [0.25, 0.3) is 0 Å². The molecule has 0 amide bonds. The molecule has 3 aliphatic rings. The highest BCUT2D eigenvalue weighted by atomic mass is 19.3. The second kappa shape index (κ2) is 11.2. The van der Waals surface area contributed by atoms with Crippen LogP contribution >= 0.6 is 0 Å². The number of benzene rings is 1. The summed E-state index contributed by atoms with van der Waals surface area (Å²) in [4.78, 5) is 0. The van der Waals surface area contributed by atoms with Gasteiger partial charge in [0, 0.05) is 0 Å². The van der Waals surface area contributed by atoms with E-state index in [9.17, 15) is 8.78 Å². The van der Waals surface area contributed by atoms with Gasteiger partial charge >= 0.3 is 6.61 Å². The molecule has 0 aromatic heterocycles. The minimum absolute atomic E-state index is 0.366. The number of unbranched alkanes of at least 4 members (excludes halogenated alkanes) is 1. The standard InChI is InChI=1S/C28H36F4O/c29-25-18-23(22-12-2-1-3-13-22)19-26(30)28(25,33-27(31)32)24-16-14-21(15-17-24)11-7-6-10-20-8-4-5-9-20/h1-3,12-13,18-21,24-25,27H,4-11,14-17H2. The van der Waals surface area contributed by atoms with Crippen LogP contribution in [0.1, 0.15) is 82.6 Å². The molecule has 0 heterocycles. The quantitative estimate of drug-likeness (QED) is 0.262. The van der Waals surface area contributed by atoms with Gasteiger partial charge in [-0.05, 0) is 53.9 Å². The van der Waals surface area contributed by atoms with Crippen molar-refractivity contribution in [1.82, 2.24) is 0 Å². The van der Waals surface area contributed by atoms with Crippen molar-refractivity contribution in [2.24, 2.45) is 17.8 Å². The van der Waals surface area contributed by atoms with Crippen LogP contribution in [0.3, 0.4) is 0 Å². The molecule has 0 saturated heterocycles. The van der Waals surface area contributed by atoms with E-state index in [-0.39, 0.29) is 0 Å².